The van der Waals surface area contributed by atoms with Crippen molar-refractivity contribution in [2.75, 3.05) is 7.11 Å². The summed E-state index contributed by atoms with van der Waals surface area (Å²) in [7, 11) is 1.48. The largest absolute Gasteiger partial charge is 0.503 e. The Morgan fingerprint density at radius 2 is 1.94 bits per heavy atom. The van der Waals surface area contributed by atoms with Gasteiger partial charge in [-0.2, -0.15) is 0 Å². The molecule has 2 heterocycles. The predicted molar refractivity (Wildman–Crippen MR) is 142 cm³/mol. The van der Waals surface area contributed by atoms with Crippen molar-refractivity contribution in [3.05, 3.63) is 118 Å². The molecule has 1 atom stereocenters. The number of aromatic hydroxyl groups is 1. The van der Waals surface area contributed by atoms with Crippen molar-refractivity contribution in [1.29, 1.82) is 0 Å². The summed E-state index contributed by atoms with van der Waals surface area (Å²) in [6.45, 7) is 0. The van der Waals surface area contributed by atoms with Crippen LogP contribution in [0.1, 0.15) is 34.7 Å². The van der Waals surface area contributed by atoms with Gasteiger partial charge in [-0.1, -0.05) is 47.7 Å². The maximum Gasteiger partial charge on any atom is 0.271 e. The van der Waals surface area contributed by atoms with Crippen LogP contribution in [0.5, 0.6) is 11.5 Å². The molecular formula is C28H20BrFN2O3S. The first-order valence-electron chi connectivity index (χ1n) is 11.4. The molecule has 3 aromatic carbocycles. The minimum absolute atomic E-state index is 0.00115. The highest BCUT2D eigenvalue weighted by atomic mass is 79.9. The van der Waals surface area contributed by atoms with Crippen LogP contribution in [0, 0.1) is 5.82 Å². The molecule has 180 valence electrons. The van der Waals surface area contributed by atoms with Crippen molar-refractivity contribution in [3.63, 3.8) is 0 Å². The van der Waals surface area contributed by atoms with Gasteiger partial charge in [-0.05, 0) is 81.4 Å². The number of rotatable bonds is 3. The van der Waals surface area contributed by atoms with Crippen LogP contribution in [0.25, 0.3) is 11.8 Å². The quantitative estimate of drug-likeness (QED) is 0.385. The van der Waals surface area contributed by atoms with E-state index in [1.807, 2.05) is 12.1 Å². The first-order valence-corrected chi connectivity index (χ1v) is 13.0. The van der Waals surface area contributed by atoms with Crippen molar-refractivity contribution < 1.29 is 14.2 Å². The van der Waals surface area contributed by atoms with Crippen molar-refractivity contribution in [3.8, 4) is 11.5 Å². The minimum Gasteiger partial charge on any atom is -0.503 e. The number of hydrogen-bond acceptors (Lipinski definition) is 5. The zero-order chi connectivity index (χ0) is 25.0. The smallest absolute Gasteiger partial charge is 0.271 e. The third kappa shape index (κ3) is 3.72. The summed E-state index contributed by atoms with van der Waals surface area (Å²) < 4.78 is 21.8. The molecule has 0 saturated carbocycles. The normalized spacial score (nSPS) is 16.8. The van der Waals surface area contributed by atoms with Gasteiger partial charge in [0.25, 0.3) is 5.56 Å². The predicted octanol–water partition coefficient (Wildman–Crippen LogP) is 4.93. The molecule has 0 saturated heterocycles. The SMILES string of the molecule is COc1cc(/C=c2/sc3n(c2=O)[C@H](c2ccc(F)cc2)C2=C(N=3)c3ccccc3CC2)cc(Br)c1O. The van der Waals surface area contributed by atoms with Crippen LogP contribution in [0.4, 0.5) is 4.39 Å². The third-order valence-corrected chi connectivity index (χ3v) is 8.21. The van der Waals surface area contributed by atoms with E-state index in [9.17, 15) is 14.3 Å². The van der Waals surface area contributed by atoms with E-state index >= 15 is 0 Å². The van der Waals surface area contributed by atoms with E-state index in [1.54, 1.807) is 34.9 Å². The Morgan fingerprint density at radius 3 is 2.72 bits per heavy atom. The molecule has 36 heavy (non-hydrogen) atoms. The molecule has 1 N–H and O–H groups in total. The van der Waals surface area contributed by atoms with Crippen LogP contribution in [0.3, 0.4) is 0 Å². The molecule has 0 amide bonds. The molecule has 4 aromatic rings. The van der Waals surface area contributed by atoms with Gasteiger partial charge < -0.3 is 9.84 Å². The van der Waals surface area contributed by atoms with Gasteiger partial charge in [0, 0.05) is 5.56 Å². The van der Waals surface area contributed by atoms with E-state index in [4.69, 9.17) is 9.73 Å². The third-order valence-electron chi connectivity index (χ3n) is 6.63. The maximum absolute atomic E-state index is 13.8. The van der Waals surface area contributed by atoms with Gasteiger partial charge in [0.1, 0.15) is 5.82 Å². The molecule has 1 aromatic heterocycles. The summed E-state index contributed by atoms with van der Waals surface area (Å²) in [6, 6.07) is 17.6. The number of allylic oxidation sites excluding steroid dienone is 1. The van der Waals surface area contributed by atoms with Gasteiger partial charge in [-0.3, -0.25) is 9.36 Å². The Balaban J connectivity index is 1.61. The zero-order valence-corrected chi connectivity index (χ0v) is 21.6. The molecule has 0 unspecified atom stereocenters. The Kier molecular flexibility index (Phi) is 5.65. The summed E-state index contributed by atoms with van der Waals surface area (Å²) in [5.41, 5.74) is 5.66. The number of aromatic nitrogens is 1. The van der Waals surface area contributed by atoms with Crippen molar-refractivity contribution >= 4 is 39.0 Å². The van der Waals surface area contributed by atoms with Gasteiger partial charge >= 0.3 is 0 Å². The Labute approximate surface area is 218 Å². The molecule has 2 aliphatic rings. The molecule has 0 bridgehead atoms. The van der Waals surface area contributed by atoms with Crippen LogP contribution in [0.2, 0.25) is 0 Å². The lowest BCUT2D eigenvalue weighted by Crippen LogP contribution is -2.38. The fourth-order valence-electron chi connectivity index (χ4n) is 4.95. The molecule has 1 aliphatic carbocycles. The number of benzene rings is 3. The van der Waals surface area contributed by atoms with E-state index in [1.165, 1.54) is 36.1 Å². The highest BCUT2D eigenvalue weighted by molar-refractivity contribution is 9.10. The highest BCUT2D eigenvalue weighted by Gasteiger charge is 2.32. The summed E-state index contributed by atoms with van der Waals surface area (Å²) in [6.07, 6.45) is 3.40. The number of halogens is 2. The van der Waals surface area contributed by atoms with Crippen molar-refractivity contribution in [1.82, 2.24) is 4.57 Å². The summed E-state index contributed by atoms with van der Waals surface area (Å²) >= 11 is 4.66. The van der Waals surface area contributed by atoms with Crippen LogP contribution in [-0.2, 0) is 6.42 Å². The minimum atomic E-state index is -0.367. The number of phenolic OH excluding ortho intramolecular Hbond substituents is 1. The molecular weight excluding hydrogens is 543 g/mol. The number of fused-ring (bicyclic) bond motifs is 3. The zero-order valence-electron chi connectivity index (χ0n) is 19.2. The average Bonchev–Trinajstić information content (AvgIpc) is 3.19. The van der Waals surface area contributed by atoms with Gasteiger partial charge in [0.2, 0.25) is 0 Å². The van der Waals surface area contributed by atoms with E-state index in [2.05, 4.69) is 28.1 Å². The standard InChI is InChI=1S/C28H20BrFN2O3S/c1-35-22-13-15(12-21(29)26(22)33)14-23-27(34)32-25(17-6-9-18(30)10-7-17)20-11-8-16-4-2-3-5-19(16)24(20)31-28(32)36-23/h2-7,9-10,12-14,25,33H,8,11H2,1H3/b23-14+/t25-/m1/s1. The number of ether oxygens (including phenoxy) is 1. The lowest BCUT2D eigenvalue weighted by Gasteiger charge is -2.30. The second-order valence-corrected chi connectivity index (χ2v) is 10.6. The second kappa shape index (κ2) is 8.87. The molecule has 5 nitrogen and oxygen atoms in total. The molecule has 1 aliphatic heterocycles. The number of hydrogen-bond donors (Lipinski definition) is 1. The van der Waals surface area contributed by atoms with Gasteiger partial charge in [0.15, 0.2) is 16.3 Å². The number of thiazole rings is 1. The monoisotopic (exact) mass is 562 g/mol. The number of nitrogens with zero attached hydrogens (tertiary/aromatic N) is 2. The summed E-state index contributed by atoms with van der Waals surface area (Å²) in [5.74, 6) is -0.0142. The Hall–Kier alpha value is -3.49. The van der Waals surface area contributed by atoms with E-state index < -0.39 is 0 Å². The average molecular weight is 563 g/mol. The van der Waals surface area contributed by atoms with Crippen molar-refractivity contribution in [2.24, 2.45) is 4.99 Å². The maximum atomic E-state index is 13.8. The lowest BCUT2D eigenvalue weighted by molar-refractivity contribution is 0.372. The number of phenols is 1. The number of aryl methyl sites for hydroxylation is 1. The Morgan fingerprint density at radius 1 is 1.17 bits per heavy atom. The van der Waals surface area contributed by atoms with Crippen LogP contribution < -0.4 is 19.6 Å². The molecule has 0 spiro atoms. The highest BCUT2D eigenvalue weighted by Crippen LogP contribution is 2.41. The Bertz CT molecular complexity index is 1740. The van der Waals surface area contributed by atoms with Crippen LogP contribution in [-0.4, -0.2) is 16.8 Å². The summed E-state index contributed by atoms with van der Waals surface area (Å²) in [5, 5.41) is 10.2. The molecule has 0 fully saturated rings. The lowest BCUT2D eigenvalue weighted by atomic mass is 9.83. The van der Waals surface area contributed by atoms with Crippen LogP contribution >= 0.6 is 27.3 Å². The molecule has 6 rings (SSSR count). The molecule has 0 radical (unpaired) electrons. The van der Waals surface area contributed by atoms with E-state index in [0.29, 0.717) is 25.1 Å². The molecule has 8 heteroatoms. The first-order chi connectivity index (χ1) is 17.4. The first kappa shape index (κ1) is 22.9. The topological polar surface area (TPSA) is 63.8 Å². The van der Waals surface area contributed by atoms with Gasteiger partial charge in [0.05, 0.1) is 27.9 Å². The van der Waals surface area contributed by atoms with E-state index in [0.717, 1.165) is 35.2 Å². The fraction of sp³-hybridized carbons (Fsp3) is 0.143. The number of methoxy groups -OCH3 is 1. The van der Waals surface area contributed by atoms with Gasteiger partial charge in [-0.25, -0.2) is 9.38 Å². The van der Waals surface area contributed by atoms with Gasteiger partial charge in [-0.15, -0.1) is 0 Å². The van der Waals surface area contributed by atoms with Crippen molar-refractivity contribution in [2.45, 2.75) is 18.9 Å². The fourth-order valence-corrected chi connectivity index (χ4v) is 6.41. The summed E-state index contributed by atoms with van der Waals surface area (Å²) in [4.78, 5) is 19.4. The van der Waals surface area contributed by atoms with E-state index in [-0.39, 0.29) is 23.2 Å². The second-order valence-electron chi connectivity index (χ2n) is 8.72. The van der Waals surface area contributed by atoms with Crippen LogP contribution in [0.15, 0.2) is 80.5 Å².